The number of aryl methyl sites for hydroxylation is 1. The number of alkyl halides is 3. The van der Waals surface area contributed by atoms with E-state index in [-0.39, 0.29) is 39.3 Å². The van der Waals surface area contributed by atoms with E-state index < -0.39 is 34.9 Å². The van der Waals surface area contributed by atoms with Crippen LogP contribution in [0.4, 0.5) is 17.6 Å². The molecule has 12 heteroatoms. The largest absolute Gasteiger partial charge is 0.435 e. The van der Waals surface area contributed by atoms with Crippen molar-refractivity contribution in [2.45, 2.75) is 32.4 Å². The summed E-state index contributed by atoms with van der Waals surface area (Å²) in [5.41, 5.74) is -3.06. The van der Waals surface area contributed by atoms with Gasteiger partial charge in [0, 0.05) is 45.4 Å². The molecular formula is C19H18BrF4N5O2. The first-order valence-electron chi connectivity index (χ1n) is 8.94. The number of hydrogen-bond donors (Lipinski definition) is 2. The third kappa shape index (κ3) is 4.03. The van der Waals surface area contributed by atoms with Crippen LogP contribution in [-0.2, 0) is 16.4 Å². The van der Waals surface area contributed by atoms with E-state index in [9.17, 15) is 27.2 Å². The highest BCUT2D eigenvalue weighted by Gasteiger charge is 2.47. The van der Waals surface area contributed by atoms with Gasteiger partial charge in [-0.2, -0.15) is 23.1 Å². The number of halogens is 5. The number of rotatable bonds is 2. The van der Waals surface area contributed by atoms with Crippen LogP contribution in [-0.4, -0.2) is 33.1 Å². The van der Waals surface area contributed by atoms with Gasteiger partial charge in [-0.25, -0.2) is 4.39 Å². The molecule has 1 aromatic heterocycles. The van der Waals surface area contributed by atoms with E-state index in [1.807, 2.05) is 0 Å². The van der Waals surface area contributed by atoms with Gasteiger partial charge in [-0.1, -0.05) is 13.8 Å². The van der Waals surface area contributed by atoms with Gasteiger partial charge in [-0.15, -0.1) is 0 Å². The van der Waals surface area contributed by atoms with Crippen LogP contribution in [0.5, 0.6) is 0 Å². The van der Waals surface area contributed by atoms with Crippen molar-refractivity contribution in [2.24, 2.45) is 0 Å². The second-order valence-electron chi connectivity index (χ2n) is 7.76. The predicted octanol–water partition coefficient (Wildman–Crippen LogP) is 3.26. The molecule has 7 nitrogen and oxygen atoms in total. The lowest BCUT2D eigenvalue weighted by atomic mass is 9.81. The summed E-state index contributed by atoms with van der Waals surface area (Å²) in [5, 5.41) is 3.75. The highest BCUT2D eigenvalue weighted by Crippen LogP contribution is 2.43. The molecule has 0 spiro atoms. The Labute approximate surface area is 183 Å². The van der Waals surface area contributed by atoms with Gasteiger partial charge in [0.25, 0.3) is 11.8 Å². The number of benzene rings is 1. The number of amides is 2. The van der Waals surface area contributed by atoms with Crippen molar-refractivity contribution < 1.29 is 27.2 Å². The summed E-state index contributed by atoms with van der Waals surface area (Å²) in [4.78, 5) is 26.9. The number of nitrogens with one attached hydrogen (secondary N) is 1. The van der Waals surface area contributed by atoms with Crippen molar-refractivity contribution in [3.63, 3.8) is 0 Å². The summed E-state index contributed by atoms with van der Waals surface area (Å²) in [6.45, 7) is 4.24. The fourth-order valence-electron chi connectivity index (χ4n) is 3.59. The molecule has 0 bridgehead atoms. The van der Waals surface area contributed by atoms with Gasteiger partial charge in [-0.3, -0.25) is 13.9 Å². The van der Waals surface area contributed by atoms with Gasteiger partial charge in [0.05, 0.1) is 5.57 Å². The number of carbonyl (C=O) groups is 2. The third-order valence-corrected chi connectivity index (χ3v) is 5.32. The number of fused-ring (bicyclic) bond motifs is 1. The molecule has 0 atom stereocenters. The first-order chi connectivity index (χ1) is 14.3. The molecule has 2 amide bonds. The van der Waals surface area contributed by atoms with Crippen LogP contribution in [0.3, 0.4) is 0 Å². The second kappa shape index (κ2) is 7.66. The summed E-state index contributed by atoms with van der Waals surface area (Å²) in [6.07, 6.45) is -3.73. The van der Waals surface area contributed by atoms with Crippen molar-refractivity contribution in [1.29, 1.82) is 0 Å². The maximum atomic E-state index is 13.8. The molecule has 0 fully saturated rings. The van der Waals surface area contributed by atoms with Gasteiger partial charge < -0.3 is 10.7 Å². The van der Waals surface area contributed by atoms with Crippen LogP contribution in [0.2, 0.25) is 0 Å². The fourth-order valence-corrected chi connectivity index (χ4v) is 3.81. The minimum absolute atomic E-state index is 0.115. The third-order valence-electron chi connectivity index (χ3n) is 4.96. The Morgan fingerprint density at radius 2 is 1.94 bits per heavy atom. The lowest BCUT2D eigenvalue weighted by Crippen LogP contribution is -2.38. The zero-order valence-electron chi connectivity index (χ0n) is 16.6. The first kappa shape index (κ1) is 22.8. The number of nitrogens with zero attached hydrogens (tertiary/aromatic N) is 3. The maximum absolute atomic E-state index is 13.8. The topological polar surface area (TPSA) is 93.2 Å². The molecule has 0 saturated carbocycles. The number of nitrogens with two attached hydrogens (primary N) is 1. The molecule has 0 unspecified atom stereocenters. The summed E-state index contributed by atoms with van der Waals surface area (Å²) in [5.74, 6) is 3.56. The molecular weight excluding hydrogens is 486 g/mol. The van der Waals surface area contributed by atoms with E-state index in [0.29, 0.717) is 0 Å². The molecule has 166 valence electrons. The minimum Gasteiger partial charge on any atom is -0.323 e. The highest BCUT2D eigenvalue weighted by atomic mass is 79.9. The summed E-state index contributed by atoms with van der Waals surface area (Å²) < 4.78 is 57.1. The van der Waals surface area contributed by atoms with E-state index in [1.165, 1.54) is 32.9 Å². The lowest BCUT2D eigenvalue weighted by molar-refractivity contribution is -0.144. The molecule has 2 aromatic rings. The second-order valence-corrected chi connectivity index (χ2v) is 8.16. The van der Waals surface area contributed by atoms with Gasteiger partial charge in [0.15, 0.2) is 5.69 Å². The average molecular weight is 504 g/mol. The Bertz CT molecular complexity index is 1110. The molecule has 0 aliphatic carbocycles. The zero-order valence-corrected chi connectivity index (χ0v) is 18.2. The Kier molecular flexibility index (Phi) is 5.63. The monoisotopic (exact) mass is 503 g/mol. The number of nitrogen functional groups attached to an aromatic ring is 1. The van der Waals surface area contributed by atoms with Crippen LogP contribution in [0.15, 0.2) is 24.4 Å². The molecule has 31 heavy (non-hydrogen) atoms. The van der Waals surface area contributed by atoms with E-state index in [0.717, 1.165) is 17.2 Å². The SMILES string of the molecule is Cc1cc(C(=O)N2C=C(C(=O)NBr)c3nn(N)c(C(F)(F)F)c3C(C)(C)C2)ccc1F. The van der Waals surface area contributed by atoms with E-state index in [2.05, 4.69) is 25.6 Å². The first-order valence-corrected chi connectivity index (χ1v) is 9.73. The van der Waals surface area contributed by atoms with Gasteiger partial charge in [0.1, 0.15) is 11.5 Å². The highest BCUT2D eigenvalue weighted by molar-refractivity contribution is 9.08. The van der Waals surface area contributed by atoms with E-state index in [4.69, 9.17) is 5.84 Å². The van der Waals surface area contributed by atoms with Crippen LogP contribution in [0.1, 0.15) is 46.7 Å². The minimum atomic E-state index is -4.85. The predicted molar refractivity (Wildman–Crippen MR) is 108 cm³/mol. The molecule has 3 rings (SSSR count). The molecule has 0 radical (unpaired) electrons. The fraction of sp³-hybridized carbons (Fsp3) is 0.316. The lowest BCUT2D eigenvalue weighted by Gasteiger charge is -2.30. The van der Waals surface area contributed by atoms with Crippen molar-refractivity contribution in [3.05, 3.63) is 58.3 Å². The van der Waals surface area contributed by atoms with E-state index >= 15 is 0 Å². The average Bonchev–Trinajstić information content (AvgIpc) is 2.99. The van der Waals surface area contributed by atoms with Crippen molar-refractivity contribution >= 4 is 33.5 Å². The quantitative estimate of drug-likeness (QED) is 0.373. The summed E-state index contributed by atoms with van der Waals surface area (Å²) in [7, 11) is 0. The van der Waals surface area contributed by atoms with Gasteiger partial charge >= 0.3 is 6.18 Å². The number of carbonyl (C=O) groups excluding carboxylic acids is 2. The van der Waals surface area contributed by atoms with Crippen molar-refractivity contribution in [1.82, 2.24) is 19.1 Å². The standard InChI is InChI=1S/C19H18BrF4N5O2/c1-9-6-10(4-5-12(9)21)17(31)28-7-11(16(30)26-20)14-13(18(2,3)8-28)15(19(22,23)24)29(25)27-14/h4-7H,8,25H2,1-3H3,(H,26,30). The Balaban J connectivity index is 2.22. The van der Waals surface area contributed by atoms with Gasteiger partial charge in [0.2, 0.25) is 0 Å². The molecule has 0 saturated heterocycles. The van der Waals surface area contributed by atoms with Crippen LogP contribution in [0, 0.1) is 12.7 Å². The van der Waals surface area contributed by atoms with Gasteiger partial charge in [-0.05, 0) is 30.7 Å². The Morgan fingerprint density at radius 1 is 1.29 bits per heavy atom. The number of aromatic nitrogens is 2. The normalized spacial score (nSPS) is 15.7. The Hall–Kier alpha value is -2.89. The zero-order chi connectivity index (χ0) is 23.3. The molecule has 1 aliphatic heterocycles. The molecule has 3 N–H and O–H groups in total. The molecule has 1 aromatic carbocycles. The smallest absolute Gasteiger partial charge is 0.323 e. The maximum Gasteiger partial charge on any atom is 0.435 e. The van der Waals surface area contributed by atoms with Crippen LogP contribution in [0.25, 0.3) is 5.57 Å². The summed E-state index contributed by atoms with van der Waals surface area (Å²) >= 11 is 2.77. The van der Waals surface area contributed by atoms with Crippen molar-refractivity contribution in [2.75, 3.05) is 12.4 Å². The van der Waals surface area contributed by atoms with Crippen LogP contribution >= 0.6 is 16.1 Å². The van der Waals surface area contributed by atoms with E-state index in [1.54, 1.807) is 0 Å². The van der Waals surface area contributed by atoms with Crippen LogP contribution < -0.4 is 10.2 Å². The Morgan fingerprint density at radius 3 is 2.48 bits per heavy atom. The van der Waals surface area contributed by atoms with Crippen molar-refractivity contribution in [3.8, 4) is 0 Å². The molecule has 2 heterocycles. The summed E-state index contributed by atoms with van der Waals surface area (Å²) in [6, 6.07) is 3.71. The number of hydrogen-bond acceptors (Lipinski definition) is 4. The molecule has 1 aliphatic rings.